The molecule has 1 fully saturated rings. The van der Waals surface area contributed by atoms with E-state index in [-0.39, 0.29) is 36.2 Å². The van der Waals surface area contributed by atoms with E-state index in [0.717, 1.165) is 0 Å². The van der Waals surface area contributed by atoms with E-state index in [1.54, 1.807) is 6.92 Å². The molecule has 1 aliphatic rings. The van der Waals surface area contributed by atoms with Gasteiger partial charge in [0.2, 0.25) is 6.04 Å². The Kier molecular flexibility index (Phi) is 4.97. The number of esters is 1. The second-order valence-electron chi connectivity index (χ2n) is 2.15. The normalized spacial score (nSPS) is 19.9. The summed E-state index contributed by atoms with van der Waals surface area (Å²) >= 11 is 0. The molecular formula is C6H8N2NaO4. The Morgan fingerprint density at radius 1 is 1.54 bits per heavy atom. The summed E-state index contributed by atoms with van der Waals surface area (Å²) in [5.74, 6) is -1.40. The van der Waals surface area contributed by atoms with Crippen molar-refractivity contribution in [3.63, 3.8) is 0 Å². The first kappa shape index (κ1) is 12.4. The quantitative estimate of drug-likeness (QED) is 0.240. The van der Waals surface area contributed by atoms with Crippen molar-refractivity contribution in [2.75, 3.05) is 6.61 Å². The summed E-state index contributed by atoms with van der Waals surface area (Å²) in [5, 5.41) is 4.03. The van der Waals surface area contributed by atoms with E-state index in [0.29, 0.717) is 0 Å². The SMILES string of the molecule is CCOC(=O)C1NC(=O)NC1=O.[Na]. The van der Waals surface area contributed by atoms with Gasteiger partial charge >= 0.3 is 12.0 Å². The monoisotopic (exact) mass is 195 g/mol. The second kappa shape index (κ2) is 5.21. The van der Waals surface area contributed by atoms with E-state index >= 15 is 0 Å². The Hall–Kier alpha value is -0.590. The molecule has 13 heavy (non-hydrogen) atoms. The van der Waals surface area contributed by atoms with Crippen molar-refractivity contribution >= 4 is 47.5 Å². The third kappa shape index (κ3) is 2.98. The fraction of sp³-hybridized carbons (Fsp3) is 0.500. The van der Waals surface area contributed by atoms with Crippen molar-refractivity contribution in [2.45, 2.75) is 13.0 Å². The summed E-state index contributed by atoms with van der Waals surface area (Å²) in [4.78, 5) is 32.2. The maximum absolute atomic E-state index is 10.9. The summed E-state index contributed by atoms with van der Waals surface area (Å²) in [6.45, 7) is 1.80. The number of nitrogens with one attached hydrogen (secondary N) is 2. The van der Waals surface area contributed by atoms with Crippen molar-refractivity contribution in [1.29, 1.82) is 0 Å². The maximum atomic E-state index is 10.9. The molecule has 2 N–H and O–H groups in total. The largest absolute Gasteiger partial charge is 0.464 e. The van der Waals surface area contributed by atoms with Crippen molar-refractivity contribution in [3.05, 3.63) is 0 Å². The van der Waals surface area contributed by atoms with Crippen molar-refractivity contribution < 1.29 is 19.1 Å². The van der Waals surface area contributed by atoms with Gasteiger partial charge in [-0.15, -0.1) is 0 Å². The molecule has 0 aromatic carbocycles. The van der Waals surface area contributed by atoms with Gasteiger partial charge in [0.15, 0.2) is 0 Å². The molecule has 0 bridgehead atoms. The minimum absolute atomic E-state index is 0. The third-order valence-corrected chi connectivity index (χ3v) is 1.30. The zero-order valence-electron chi connectivity index (χ0n) is 7.42. The van der Waals surface area contributed by atoms with Crippen LogP contribution in [0.4, 0.5) is 4.79 Å². The number of carbonyl (C=O) groups is 3. The molecule has 0 saturated carbocycles. The molecule has 67 valence electrons. The number of urea groups is 1. The van der Waals surface area contributed by atoms with E-state index in [2.05, 4.69) is 10.1 Å². The fourth-order valence-corrected chi connectivity index (χ4v) is 0.808. The van der Waals surface area contributed by atoms with Gasteiger partial charge in [0.25, 0.3) is 5.91 Å². The number of hydrogen-bond acceptors (Lipinski definition) is 4. The molecule has 0 aliphatic carbocycles. The summed E-state index contributed by atoms with van der Waals surface area (Å²) in [5.41, 5.74) is 0. The van der Waals surface area contributed by atoms with E-state index in [9.17, 15) is 14.4 Å². The summed E-state index contributed by atoms with van der Waals surface area (Å²) in [6, 6.07) is -1.85. The Labute approximate surface area is 96.7 Å². The average Bonchev–Trinajstić information content (AvgIpc) is 2.30. The van der Waals surface area contributed by atoms with Gasteiger partial charge in [-0.2, -0.15) is 0 Å². The predicted molar refractivity (Wildman–Crippen MR) is 42.8 cm³/mol. The van der Waals surface area contributed by atoms with Crippen LogP contribution in [-0.4, -0.2) is 60.1 Å². The Balaban J connectivity index is 0.00000144. The van der Waals surface area contributed by atoms with Crippen molar-refractivity contribution in [2.24, 2.45) is 0 Å². The van der Waals surface area contributed by atoms with E-state index < -0.39 is 23.9 Å². The fourth-order valence-electron chi connectivity index (χ4n) is 0.808. The molecule has 1 rings (SSSR count). The smallest absolute Gasteiger partial charge is 0.338 e. The van der Waals surface area contributed by atoms with Crippen LogP contribution < -0.4 is 10.6 Å². The van der Waals surface area contributed by atoms with Crippen LogP contribution in [-0.2, 0) is 14.3 Å². The number of imide groups is 1. The second-order valence-corrected chi connectivity index (χ2v) is 2.15. The van der Waals surface area contributed by atoms with Gasteiger partial charge in [-0.25, -0.2) is 9.59 Å². The summed E-state index contributed by atoms with van der Waals surface area (Å²) < 4.78 is 4.53. The minimum atomic E-state index is -1.18. The molecule has 1 unspecified atom stereocenters. The molecule has 3 amide bonds. The molecule has 1 heterocycles. The average molecular weight is 195 g/mol. The van der Waals surface area contributed by atoms with Crippen molar-refractivity contribution in [1.82, 2.24) is 10.6 Å². The number of carbonyl (C=O) groups excluding carboxylic acids is 3. The standard InChI is InChI=1S/C6H8N2O4.Na/c1-2-12-5(10)3-4(9)8-6(11)7-3;/h3H,2H2,1H3,(H2,7,8,9,11);. The van der Waals surface area contributed by atoms with E-state index in [1.165, 1.54) is 0 Å². The number of amides is 3. The van der Waals surface area contributed by atoms with Crippen LogP contribution in [0.15, 0.2) is 0 Å². The number of hydrogen-bond donors (Lipinski definition) is 2. The molecule has 0 aromatic rings. The van der Waals surface area contributed by atoms with Gasteiger partial charge in [-0.05, 0) is 6.92 Å². The van der Waals surface area contributed by atoms with Crippen LogP contribution in [0.25, 0.3) is 0 Å². The first-order valence-corrected chi connectivity index (χ1v) is 3.43. The Bertz CT molecular complexity index is 243. The molecule has 1 atom stereocenters. The topological polar surface area (TPSA) is 84.5 Å². The van der Waals surface area contributed by atoms with Gasteiger partial charge in [0.1, 0.15) is 0 Å². The number of ether oxygens (including phenoxy) is 1. The van der Waals surface area contributed by atoms with Gasteiger partial charge in [-0.1, -0.05) is 0 Å². The van der Waals surface area contributed by atoms with Crippen LogP contribution in [0.3, 0.4) is 0 Å². The van der Waals surface area contributed by atoms with Crippen LogP contribution in [0.2, 0.25) is 0 Å². The molecule has 1 saturated heterocycles. The molecule has 6 nitrogen and oxygen atoms in total. The van der Waals surface area contributed by atoms with Crippen LogP contribution >= 0.6 is 0 Å². The Morgan fingerprint density at radius 3 is 2.54 bits per heavy atom. The first-order chi connectivity index (χ1) is 5.65. The summed E-state index contributed by atoms with van der Waals surface area (Å²) in [6.07, 6.45) is 0. The van der Waals surface area contributed by atoms with Crippen LogP contribution in [0.5, 0.6) is 0 Å². The first-order valence-electron chi connectivity index (χ1n) is 3.43. The van der Waals surface area contributed by atoms with Gasteiger partial charge in [-0.3, -0.25) is 10.1 Å². The minimum Gasteiger partial charge on any atom is -0.464 e. The van der Waals surface area contributed by atoms with Gasteiger partial charge in [0.05, 0.1) is 6.61 Å². The van der Waals surface area contributed by atoms with Gasteiger partial charge in [0, 0.05) is 29.6 Å². The molecule has 0 spiro atoms. The third-order valence-electron chi connectivity index (χ3n) is 1.30. The Morgan fingerprint density at radius 2 is 2.15 bits per heavy atom. The van der Waals surface area contributed by atoms with Crippen LogP contribution in [0, 0.1) is 0 Å². The number of rotatable bonds is 2. The molecule has 1 aliphatic heterocycles. The maximum Gasteiger partial charge on any atom is 0.338 e. The van der Waals surface area contributed by atoms with Crippen molar-refractivity contribution in [3.8, 4) is 0 Å². The summed E-state index contributed by atoms with van der Waals surface area (Å²) in [7, 11) is 0. The zero-order chi connectivity index (χ0) is 9.14. The van der Waals surface area contributed by atoms with E-state index in [4.69, 9.17) is 0 Å². The van der Waals surface area contributed by atoms with Crippen LogP contribution in [0.1, 0.15) is 6.92 Å². The molecule has 0 aromatic heterocycles. The van der Waals surface area contributed by atoms with Gasteiger partial charge < -0.3 is 10.1 Å². The molecule has 7 heteroatoms. The molecular weight excluding hydrogens is 187 g/mol. The van der Waals surface area contributed by atoms with E-state index in [1.807, 2.05) is 5.32 Å². The predicted octanol–water partition coefficient (Wildman–Crippen LogP) is -1.62. The zero-order valence-corrected chi connectivity index (χ0v) is 9.42. The molecule has 1 radical (unpaired) electrons.